The Morgan fingerprint density at radius 3 is 2.55 bits per heavy atom. The Morgan fingerprint density at radius 1 is 1.32 bits per heavy atom. The standard InChI is InChI=1S/C16H28N4O2/c1-11(2)9-14(10-20-7-5-6-8-20)17-16(21)18-15-12(3)13(4)22-19-15/h11,14H,5-10H2,1-4H3,(H2,17,18,19,21)/t14-/m0/s1. The summed E-state index contributed by atoms with van der Waals surface area (Å²) in [5, 5.41) is 9.74. The molecule has 22 heavy (non-hydrogen) atoms. The van der Waals surface area contributed by atoms with Crippen LogP contribution in [0.5, 0.6) is 0 Å². The number of urea groups is 1. The van der Waals surface area contributed by atoms with Crippen LogP contribution in [-0.2, 0) is 0 Å². The van der Waals surface area contributed by atoms with Crippen molar-refractivity contribution in [3.8, 4) is 0 Å². The molecule has 0 radical (unpaired) electrons. The van der Waals surface area contributed by atoms with E-state index in [1.54, 1.807) is 0 Å². The molecule has 2 N–H and O–H groups in total. The van der Waals surface area contributed by atoms with E-state index in [0.717, 1.165) is 37.4 Å². The fraction of sp³-hybridized carbons (Fsp3) is 0.750. The first kappa shape index (κ1) is 16.8. The average molecular weight is 308 g/mol. The summed E-state index contributed by atoms with van der Waals surface area (Å²) in [6, 6.07) is -0.0485. The van der Waals surface area contributed by atoms with Crippen LogP contribution < -0.4 is 10.6 Å². The number of nitrogens with one attached hydrogen (secondary N) is 2. The third kappa shape index (κ3) is 4.73. The van der Waals surface area contributed by atoms with Crippen LogP contribution in [0.4, 0.5) is 10.6 Å². The van der Waals surface area contributed by atoms with Gasteiger partial charge in [0.2, 0.25) is 0 Å². The van der Waals surface area contributed by atoms with E-state index < -0.39 is 0 Å². The van der Waals surface area contributed by atoms with Gasteiger partial charge in [0.05, 0.1) is 0 Å². The zero-order valence-corrected chi connectivity index (χ0v) is 14.1. The number of carbonyl (C=O) groups excluding carboxylic acids is 1. The van der Waals surface area contributed by atoms with Crippen LogP contribution in [0.25, 0.3) is 0 Å². The van der Waals surface area contributed by atoms with Crippen LogP contribution in [0.15, 0.2) is 4.52 Å². The minimum absolute atomic E-state index is 0.159. The Labute approximate surface area is 132 Å². The SMILES string of the molecule is Cc1onc(NC(=O)N[C@@H](CC(C)C)CN2CCCC2)c1C. The molecule has 0 spiro atoms. The van der Waals surface area contributed by atoms with Crippen molar-refractivity contribution in [2.24, 2.45) is 5.92 Å². The smallest absolute Gasteiger partial charge is 0.320 e. The summed E-state index contributed by atoms with van der Waals surface area (Å²) in [4.78, 5) is 14.6. The highest BCUT2D eigenvalue weighted by atomic mass is 16.5. The first-order chi connectivity index (χ1) is 10.5. The molecule has 0 aromatic carbocycles. The second-order valence-electron chi connectivity index (χ2n) is 6.65. The first-order valence-electron chi connectivity index (χ1n) is 8.18. The Hall–Kier alpha value is -1.56. The Kier molecular flexibility index (Phi) is 5.83. The predicted molar refractivity (Wildman–Crippen MR) is 87.0 cm³/mol. The molecule has 1 aromatic heterocycles. The molecular formula is C16H28N4O2. The third-order valence-electron chi connectivity index (χ3n) is 4.16. The van der Waals surface area contributed by atoms with Crippen molar-refractivity contribution in [3.63, 3.8) is 0 Å². The molecule has 0 unspecified atom stereocenters. The van der Waals surface area contributed by atoms with Gasteiger partial charge in [-0.15, -0.1) is 0 Å². The molecule has 0 aliphatic carbocycles. The van der Waals surface area contributed by atoms with Crippen LogP contribution in [0.3, 0.4) is 0 Å². The molecular weight excluding hydrogens is 280 g/mol. The van der Waals surface area contributed by atoms with E-state index in [0.29, 0.717) is 11.7 Å². The number of rotatable bonds is 6. The number of likely N-dealkylation sites (tertiary alicyclic amines) is 1. The van der Waals surface area contributed by atoms with Gasteiger partial charge in [-0.25, -0.2) is 4.79 Å². The summed E-state index contributed by atoms with van der Waals surface area (Å²) >= 11 is 0. The number of amides is 2. The molecule has 0 saturated carbocycles. The quantitative estimate of drug-likeness (QED) is 0.847. The van der Waals surface area contributed by atoms with Crippen molar-refractivity contribution in [1.29, 1.82) is 0 Å². The monoisotopic (exact) mass is 308 g/mol. The van der Waals surface area contributed by atoms with Crippen LogP contribution in [0.2, 0.25) is 0 Å². The lowest BCUT2D eigenvalue weighted by atomic mass is 10.0. The van der Waals surface area contributed by atoms with E-state index in [-0.39, 0.29) is 12.1 Å². The molecule has 6 heteroatoms. The zero-order chi connectivity index (χ0) is 16.1. The first-order valence-corrected chi connectivity index (χ1v) is 8.18. The van der Waals surface area contributed by atoms with Gasteiger partial charge in [-0.05, 0) is 52.1 Å². The highest BCUT2D eigenvalue weighted by Crippen LogP contribution is 2.17. The molecule has 124 valence electrons. The van der Waals surface area contributed by atoms with Crippen molar-refractivity contribution in [2.45, 2.75) is 53.0 Å². The summed E-state index contributed by atoms with van der Waals surface area (Å²) in [6.45, 7) is 11.3. The van der Waals surface area contributed by atoms with Gasteiger partial charge in [0.25, 0.3) is 0 Å². The normalized spacial score (nSPS) is 17.0. The van der Waals surface area contributed by atoms with Crippen LogP contribution >= 0.6 is 0 Å². The molecule has 1 saturated heterocycles. The van der Waals surface area contributed by atoms with Gasteiger partial charge in [0, 0.05) is 18.2 Å². The minimum atomic E-state index is -0.207. The third-order valence-corrected chi connectivity index (χ3v) is 4.16. The lowest BCUT2D eigenvalue weighted by Gasteiger charge is -2.25. The Balaban J connectivity index is 1.90. The average Bonchev–Trinajstić information content (AvgIpc) is 3.03. The molecule has 1 aromatic rings. The maximum absolute atomic E-state index is 12.2. The largest absolute Gasteiger partial charge is 0.359 e. The van der Waals surface area contributed by atoms with E-state index in [1.807, 2.05) is 13.8 Å². The zero-order valence-electron chi connectivity index (χ0n) is 14.1. The fourth-order valence-corrected chi connectivity index (χ4v) is 2.89. The highest BCUT2D eigenvalue weighted by molar-refractivity contribution is 5.89. The molecule has 2 heterocycles. The number of nitrogens with zero attached hydrogens (tertiary/aromatic N) is 2. The van der Waals surface area contributed by atoms with E-state index >= 15 is 0 Å². The summed E-state index contributed by atoms with van der Waals surface area (Å²) < 4.78 is 5.07. The van der Waals surface area contributed by atoms with Crippen LogP contribution in [0.1, 0.15) is 44.4 Å². The Morgan fingerprint density at radius 2 is 2.00 bits per heavy atom. The molecule has 2 amide bonds. The van der Waals surface area contributed by atoms with Gasteiger partial charge < -0.3 is 14.7 Å². The van der Waals surface area contributed by atoms with Gasteiger partial charge in [-0.1, -0.05) is 19.0 Å². The molecule has 1 aliphatic heterocycles. The molecule has 6 nitrogen and oxygen atoms in total. The van der Waals surface area contributed by atoms with Crippen LogP contribution in [-0.4, -0.2) is 41.8 Å². The predicted octanol–water partition coefficient (Wildman–Crippen LogP) is 2.92. The fourth-order valence-electron chi connectivity index (χ4n) is 2.89. The second kappa shape index (κ2) is 7.63. The van der Waals surface area contributed by atoms with Crippen molar-refractivity contribution in [1.82, 2.24) is 15.4 Å². The minimum Gasteiger partial charge on any atom is -0.359 e. The molecule has 0 bridgehead atoms. The number of hydrogen-bond donors (Lipinski definition) is 2. The van der Waals surface area contributed by atoms with Gasteiger partial charge in [-0.3, -0.25) is 5.32 Å². The summed E-state index contributed by atoms with van der Waals surface area (Å²) in [5.74, 6) is 1.77. The summed E-state index contributed by atoms with van der Waals surface area (Å²) in [6.07, 6.45) is 3.50. The van der Waals surface area contributed by atoms with E-state index in [9.17, 15) is 4.79 Å². The second-order valence-corrected chi connectivity index (χ2v) is 6.65. The van der Waals surface area contributed by atoms with Gasteiger partial charge in [-0.2, -0.15) is 0 Å². The lowest BCUT2D eigenvalue weighted by Crippen LogP contribution is -2.45. The van der Waals surface area contributed by atoms with E-state index in [4.69, 9.17) is 4.52 Å². The molecule has 1 fully saturated rings. The van der Waals surface area contributed by atoms with Crippen LogP contribution in [0, 0.1) is 19.8 Å². The van der Waals surface area contributed by atoms with Gasteiger partial charge in [0.15, 0.2) is 5.82 Å². The summed E-state index contributed by atoms with van der Waals surface area (Å²) in [5.41, 5.74) is 0.870. The van der Waals surface area contributed by atoms with Crippen molar-refractivity contribution < 1.29 is 9.32 Å². The molecule has 2 rings (SSSR count). The van der Waals surface area contributed by atoms with Crippen molar-refractivity contribution >= 4 is 11.8 Å². The van der Waals surface area contributed by atoms with E-state index in [1.165, 1.54) is 12.8 Å². The number of hydrogen-bond acceptors (Lipinski definition) is 4. The lowest BCUT2D eigenvalue weighted by molar-refractivity contribution is 0.234. The highest BCUT2D eigenvalue weighted by Gasteiger charge is 2.21. The number of anilines is 1. The number of aromatic nitrogens is 1. The van der Waals surface area contributed by atoms with Crippen molar-refractivity contribution in [3.05, 3.63) is 11.3 Å². The molecule has 1 atom stereocenters. The maximum atomic E-state index is 12.2. The number of aryl methyl sites for hydroxylation is 1. The van der Waals surface area contributed by atoms with Gasteiger partial charge in [0.1, 0.15) is 5.76 Å². The maximum Gasteiger partial charge on any atom is 0.320 e. The Bertz CT molecular complexity index is 492. The molecule has 1 aliphatic rings. The summed E-state index contributed by atoms with van der Waals surface area (Å²) in [7, 11) is 0. The topological polar surface area (TPSA) is 70.4 Å². The van der Waals surface area contributed by atoms with E-state index in [2.05, 4.69) is 34.5 Å². The van der Waals surface area contributed by atoms with Crippen molar-refractivity contribution in [2.75, 3.05) is 25.0 Å². The number of carbonyl (C=O) groups is 1. The van der Waals surface area contributed by atoms with Gasteiger partial charge >= 0.3 is 6.03 Å².